The number of carbonyl (C=O) groups is 2. The highest BCUT2D eigenvalue weighted by Gasteiger charge is 2.20. The molecule has 0 spiro atoms. The molecular weight excluding hydrogens is 328 g/mol. The van der Waals surface area contributed by atoms with E-state index in [1.807, 2.05) is 12.1 Å². The second-order valence-electron chi connectivity index (χ2n) is 6.18. The Morgan fingerprint density at radius 3 is 2.79 bits per heavy atom. The molecule has 1 aromatic rings. The van der Waals surface area contributed by atoms with E-state index in [0.29, 0.717) is 19.5 Å². The Labute approximate surface area is 148 Å². The summed E-state index contributed by atoms with van der Waals surface area (Å²) in [5.74, 6) is 0.00277. The average Bonchev–Trinajstić information content (AvgIpc) is 3.07. The summed E-state index contributed by atoms with van der Waals surface area (Å²) in [7, 11) is 0. The zero-order chi connectivity index (χ0) is 16.1. The molecule has 1 unspecified atom stereocenters. The van der Waals surface area contributed by atoms with Gasteiger partial charge in [0.05, 0.1) is 0 Å². The van der Waals surface area contributed by atoms with Crippen molar-refractivity contribution in [3.63, 3.8) is 0 Å². The maximum absolute atomic E-state index is 12.2. The van der Waals surface area contributed by atoms with Crippen molar-refractivity contribution in [2.45, 2.75) is 31.8 Å². The van der Waals surface area contributed by atoms with Gasteiger partial charge in [-0.3, -0.25) is 4.79 Å². The maximum Gasteiger partial charge on any atom is 0.317 e. The molecule has 3 N–H and O–H groups in total. The average molecular weight is 353 g/mol. The predicted molar refractivity (Wildman–Crippen MR) is 95.2 cm³/mol. The van der Waals surface area contributed by atoms with Gasteiger partial charge in [0.25, 0.3) is 0 Å². The molecule has 0 bridgehead atoms. The molecule has 2 heterocycles. The number of halogens is 1. The summed E-state index contributed by atoms with van der Waals surface area (Å²) in [6, 6.07) is 8.37. The predicted octanol–water partition coefficient (Wildman–Crippen LogP) is 1.04. The minimum Gasteiger partial charge on any atom is -0.352 e. The van der Waals surface area contributed by atoms with Crippen LogP contribution in [0.4, 0.5) is 4.79 Å². The molecule has 1 aromatic carbocycles. The van der Waals surface area contributed by atoms with E-state index in [4.69, 9.17) is 0 Å². The molecule has 0 aliphatic carbocycles. The van der Waals surface area contributed by atoms with Crippen molar-refractivity contribution >= 4 is 24.3 Å². The number of fused-ring (bicyclic) bond motifs is 1. The maximum atomic E-state index is 12.2. The van der Waals surface area contributed by atoms with Gasteiger partial charge in [0.1, 0.15) is 0 Å². The number of hydrogen-bond donors (Lipinski definition) is 3. The number of nitrogens with one attached hydrogen (secondary N) is 3. The van der Waals surface area contributed by atoms with Gasteiger partial charge in [-0.15, -0.1) is 12.4 Å². The van der Waals surface area contributed by atoms with Crippen molar-refractivity contribution in [2.24, 2.45) is 0 Å². The molecule has 7 heteroatoms. The van der Waals surface area contributed by atoms with E-state index < -0.39 is 0 Å². The second-order valence-corrected chi connectivity index (χ2v) is 6.18. The molecule has 3 amide bonds. The van der Waals surface area contributed by atoms with Crippen LogP contribution in [-0.2, 0) is 17.8 Å². The number of benzene rings is 1. The van der Waals surface area contributed by atoms with Gasteiger partial charge in [0.2, 0.25) is 5.91 Å². The first-order valence-electron chi connectivity index (χ1n) is 8.32. The van der Waals surface area contributed by atoms with E-state index in [-0.39, 0.29) is 30.4 Å². The van der Waals surface area contributed by atoms with Crippen LogP contribution >= 0.6 is 12.4 Å². The number of carbonyl (C=O) groups excluding carboxylic acids is 2. The van der Waals surface area contributed by atoms with Gasteiger partial charge in [-0.1, -0.05) is 24.3 Å². The number of urea groups is 1. The van der Waals surface area contributed by atoms with Gasteiger partial charge in [-0.2, -0.15) is 0 Å². The van der Waals surface area contributed by atoms with E-state index in [1.54, 1.807) is 4.90 Å². The largest absolute Gasteiger partial charge is 0.352 e. The van der Waals surface area contributed by atoms with Gasteiger partial charge < -0.3 is 20.9 Å². The molecule has 1 atom stereocenters. The molecule has 0 radical (unpaired) electrons. The highest BCUT2D eigenvalue weighted by atomic mass is 35.5. The lowest BCUT2D eigenvalue weighted by Crippen LogP contribution is -2.44. The van der Waals surface area contributed by atoms with Crippen molar-refractivity contribution in [1.82, 2.24) is 20.9 Å². The van der Waals surface area contributed by atoms with Crippen molar-refractivity contribution in [3.8, 4) is 0 Å². The topological polar surface area (TPSA) is 73.5 Å². The van der Waals surface area contributed by atoms with Crippen LogP contribution in [0.25, 0.3) is 0 Å². The van der Waals surface area contributed by atoms with Crippen LogP contribution in [0.3, 0.4) is 0 Å². The monoisotopic (exact) mass is 352 g/mol. The summed E-state index contributed by atoms with van der Waals surface area (Å²) >= 11 is 0. The lowest BCUT2D eigenvalue weighted by molar-refractivity contribution is -0.121. The zero-order valence-corrected chi connectivity index (χ0v) is 14.5. The number of rotatable bonds is 4. The van der Waals surface area contributed by atoms with Crippen LogP contribution in [0.5, 0.6) is 0 Å². The van der Waals surface area contributed by atoms with E-state index in [0.717, 1.165) is 32.5 Å². The normalized spacial score (nSPS) is 19.2. The summed E-state index contributed by atoms with van der Waals surface area (Å²) in [6.45, 7) is 3.54. The summed E-state index contributed by atoms with van der Waals surface area (Å²) in [4.78, 5) is 25.8. The van der Waals surface area contributed by atoms with Gasteiger partial charge >= 0.3 is 6.03 Å². The molecule has 6 nitrogen and oxygen atoms in total. The zero-order valence-electron chi connectivity index (χ0n) is 13.7. The summed E-state index contributed by atoms with van der Waals surface area (Å²) in [6.07, 6.45) is 2.19. The van der Waals surface area contributed by atoms with E-state index >= 15 is 0 Å². The lowest BCUT2D eigenvalue weighted by Gasteiger charge is -2.28. The molecule has 2 aliphatic heterocycles. The van der Waals surface area contributed by atoms with Crippen LogP contribution in [0.2, 0.25) is 0 Å². The Hall–Kier alpha value is -1.79. The van der Waals surface area contributed by atoms with Crippen LogP contribution in [0.1, 0.15) is 24.0 Å². The SMILES string of the molecule is Cl.O=C(CCNC(=O)N1CCc2ccccc2C1)NC1CCNC1. The molecule has 24 heavy (non-hydrogen) atoms. The Balaban J connectivity index is 0.00000208. The third-order valence-electron chi connectivity index (χ3n) is 4.47. The minimum atomic E-state index is -0.0881. The third kappa shape index (κ3) is 4.85. The third-order valence-corrected chi connectivity index (χ3v) is 4.47. The standard InChI is InChI=1S/C17H24N4O2.ClH/c22-16(20-15-5-8-18-11-15)6-9-19-17(23)21-10-7-13-3-1-2-4-14(13)12-21;/h1-4,15,18H,5-12H2,(H,19,23)(H,20,22);1H. The molecule has 1 saturated heterocycles. The van der Waals surface area contributed by atoms with E-state index in [2.05, 4.69) is 28.1 Å². The summed E-state index contributed by atoms with van der Waals surface area (Å²) in [5, 5.41) is 9.04. The molecule has 0 aromatic heterocycles. The van der Waals surface area contributed by atoms with Crippen LogP contribution < -0.4 is 16.0 Å². The Kier molecular flexibility index (Phi) is 6.87. The Morgan fingerprint density at radius 1 is 1.25 bits per heavy atom. The molecule has 1 fully saturated rings. The summed E-state index contributed by atoms with van der Waals surface area (Å²) in [5.41, 5.74) is 2.53. The minimum absolute atomic E-state index is 0. The molecule has 2 aliphatic rings. The Morgan fingerprint density at radius 2 is 2.04 bits per heavy atom. The first-order chi connectivity index (χ1) is 11.2. The van der Waals surface area contributed by atoms with Crippen LogP contribution in [-0.4, -0.2) is 49.1 Å². The lowest BCUT2D eigenvalue weighted by atomic mass is 10.0. The van der Waals surface area contributed by atoms with Gasteiger partial charge in [-0.05, 0) is 30.5 Å². The van der Waals surface area contributed by atoms with Gasteiger partial charge in [-0.25, -0.2) is 4.79 Å². The fraction of sp³-hybridized carbons (Fsp3) is 0.529. The molecular formula is C17H25ClN4O2. The van der Waals surface area contributed by atoms with Crippen molar-refractivity contribution in [3.05, 3.63) is 35.4 Å². The Bertz CT molecular complexity index is 575. The van der Waals surface area contributed by atoms with Crippen molar-refractivity contribution < 1.29 is 9.59 Å². The van der Waals surface area contributed by atoms with Gasteiger partial charge in [0, 0.05) is 38.6 Å². The van der Waals surface area contributed by atoms with Crippen molar-refractivity contribution in [2.75, 3.05) is 26.2 Å². The quantitative estimate of drug-likeness (QED) is 0.758. The smallest absolute Gasteiger partial charge is 0.317 e. The molecule has 0 saturated carbocycles. The first kappa shape index (κ1) is 18.5. The fourth-order valence-corrected chi connectivity index (χ4v) is 3.14. The highest BCUT2D eigenvalue weighted by Crippen LogP contribution is 2.18. The highest BCUT2D eigenvalue weighted by molar-refractivity contribution is 5.85. The first-order valence-corrected chi connectivity index (χ1v) is 8.32. The number of amides is 3. The van der Waals surface area contributed by atoms with Crippen LogP contribution in [0, 0.1) is 0 Å². The van der Waals surface area contributed by atoms with E-state index in [1.165, 1.54) is 11.1 Å². The molecule has 132 valence electrons. The van der Waals surface area contributed by atoms with Crippen molar-refractivity contribution in [1.29, 1.82) is 0 Å². The molecule has 3 rings (SSSR count). The number of hydrogen-bond acceptors (Lipinski definition) is 3. The van der Waals surface area contributed by atoms with Gasteiger partial charge in [0.15, 0.2) is 0 Å². The number of nitrogens with zero attached hydrogens (tertiary/aromatic N) is 1. The fourth-order valence-electron chi connectivity index (χ4n) is 3.14. The van der Waals surface area contributed by atoms with Crippen LogP contribution in [0.15, 0.2) is 24.3 Å². The summed E-state index contributed by atoms with van der Waals surface area (Å²) < 4.78 is 0. The van der Waals surface area contributed by atoms with E-state index in [9.17, 15) is 9.59 Å². The second kappa shape index (κ2) is 8.89.